The largest absolute Gasteiger partial charge is 0.397 e. The van der Waals surface area contributed by atoms with E-state index >= 15 is 0 Å². The van der Waals surface area contributed by atoms with E-state index in [0.29, 0.717) is 17.6 Å². The molecule has 2 N–H and O–H groups in total. The Balaban J connectivity index is 2.86. The van der Waals surface area contributed by atoms with Gasteiger partial charge in [0.05, 0.1) is 11.4 Å². The molecule has 1 atom stereocenters. The van der Waals surface area contributed by atoms with Crippen LogP contribution in [0.2, 0.25) is 0 Å². The van der Waals surface area contributed by atoms with Gasteiger partial charge in [0, 0.05) is 13.1 Å². The van der Waals surface area contributed by atoms with Crippen LogP contribution in [0.3, 0.4) is 0 Å². The topological polar surface area (TPSA) is 29.3 Å². The number of halogens is 1. The first-order chi connectivity index (χ1) is 7.41. The third-order valence-electron chi connectivity index (χ3n) is 2.85. The molecule has 0 saturated heterocycles. The highest BCUT2D eigenvalue weighted by atomic mass is 19.1. The second kappa shape index (κ2) is 5.19. The smallest absolute Gasteiger partial charge is 0.125 e. The van der Waals surface area contributed by atoms with Crippen molar-refractivity contribution in [2.45, 2.75) is 33.2 Å². The van der Waals surface area contributed by atoms with Gasteiger partial charge < -0.3 is 10.6 Å². The Bertz CT molecular complexity index is 350. The van der Waals surface area contributed by atoms with E-state index in [1.54, 1.807) is 6.07 Å². The second-order valence-electron chi connectivity index (χ2n) is 4.79. The second-order valence-corrected chi connectivity index (χ2v) is 4.79. The normalized spacial score (nSPS) is 12.9. The zero-order valence-electron chi connectivity index (χ0n) is 10.5. The Labute approximate surface area is 97.3 Å². The number of nitrogens with two attached hydrogens (primary N) is 1. The molecule has 0 heterocycles. The quantitative estimate of drug-likeness (QED) is 0.795. The lowest BCUT2D eigenvalue weighted by molar-refractivity contribution is 0.503. The van der Waals surface area contributed by atoms with Crippen LogP contribution in [0.1, 0.15) is 27.2 Å². The summed E-state index contributed by atoms with van der Waals surface area (Å²) in [7, 11) is 1.96. The Morgan fingerprint density at radius 1 is 1.31 bits per heavy atom. The van der Waals surface area contributed by atoms with Crippen LogP contribution < -0.4 is 10.6 Å². The number of hydrogen-bond donors (Lipinski definition) is 1. The molecule has 0 aliphatic carbocycles. The van der Waals surface area contributed by atoms with E-state index in [2.05, 4.69) is 20.8 Å². The van der Waals surface area contributed by atoms with Crippen LogP contribution >= 0.6 is 0 Å². The molecule has 0 radical (unpaired) electrons. The lowest BCUT2D eigenvalue weighted by Crippen LogP contribution is -2.30. The molecule has 0 spiro atoms. The van der Waals surface area contributed by atoms with E-state index in [4.69, 9.17) is 5.73 Å². The molecule has 90 valence electrons. The molecule has 0 aliphatic rings. The summed E-state index contributed by atoms with van der Waals surface area (Å²) >= 11 is 0. The molecule has 0 amide bonds. The molecule has 0 aromatic heterocycles. The fraction of sp³-hybridized carbons (Fsp3) is 0.538. The van der Waals surface area contributed by atoms with Crippen LogP contribution in [-0.4, -0.2) is 13.1 Å². The maximum Gasteiger partial charge on any atom is 0.125 e. The van der Waals surface area contributed by atoms with Crippen LogP contribution in [0, 0.1) is 11.7 Å². The maximum absolute atomic E-state index is 13.2. The van der Waals surface area contributed by atoms with Gasteiger partial charge in [-0.05, 0) is 37.5 Å². The summed E-state index contributed by atoms with van der Waals surface area (Å²) in [5, 5.41) is 0. The van der Waals surface area contributed by atoms with Crippen molar-refractivity contribution in [2.75, 3.05) is 17.7 Å². The molecule has 0 fully saturated rings. The van der Waals surface area contributed by atoms with E-state index in [1.807, 2.05) is 11.9 Å². The predicted molar refractivity (Wildman–Crippen MR) is 68.1 cm³/mol. The van der Waals surface area contributed by atoms with Gasteiger partial charge in [0.15, 0.2) is 0 Å². The molecule has 1 unspecified atom stereocenters. The van der Waals surface area contributed by atoms with E-state index in [9.17, 15) is 4.39 Å². The molecule has 1 aromatic carbocycles. The van der Waals surface area contributed by atoms with Gasteiger partial charge in [-0.15, -0.1) is 0 Å². The highest BCUT2D eigenvalue weighted by Crippen LogP contribution is 2.26. The Hall–Kier alpha value is -1.25. The number of benzene rings is 1. The molecular weight excluding hydrogens is 203 g/mol. The van der Waals surface area contributed by atoms with Crippen LogP contribution in [-0.2, 0) is 0 Å². The first kappa shape index (κ1) is 12.8. The summed E-state index contributed by atoms with van der Waals surface area (Å²) in [5.74, 6) is 0.375. The highest BCUT2D eigenvalue weighted by Gasteiger charge is 2.14. The number of nitrogens with zero attached hydrogens (tertiary/aromatic N) is 1. The average Bonchev–Trinajstić information content (AvgIpc) is 2.19. The fourth-order valence-corrected chi connectivity index (χ4v) is 1.90. The molecule has 3 heteroatoms. The lowest BCUT2D eigenvalue weighted by atomic mass is 10.0. The third-order valence-corrected chi connectivity index (χ3v) is 2.85. The molecule has 2 nitrogen and oxygen atoms in total. The summed E-state index contributed by atoms with van der Waals surface area (Å²) in [4.78, 5) is 2.04. The van der Waals surface area contributed by atoms with Crippen molar-refractivity contribution in [1.29, 1.82) is 0 Å². The minimum Gasteiger partial charge on any atom is -0.397 e. The van der Waals surface area contributed by atoms with Crippen molar-refractivity contribution in [3.8, 4) is 0 Å². The fourth-order valence-electron chi connectivity index (χ4n) is 1.90. The van der Waals surface area contributed by atoms with Gasteiger partial charge in [-0.3, -0.25) is 0 Å². The van der Waals surface area contributed by atoms with Gasteiger partial charge in [-0.25, -0.2) is 4.39 Å². The molecular formula is C13H21FN2. The maximum atomic E-state index is 13.2. The molecule has 0 aliphatic heterocycles. The van der Waals surface area contributed by atoms with E-state index in [1.165, 1.54) is 12.1 Å². The van der Waals surface area contributed by atoms with Crippen molar-refractivity contribution in [2.24, 2.45) is 5.92 Å². The molecule has 1 rings (SSSR count). The Morgan fingerprint density at radius 3 is 2.50 bits per heavy atom. The zero-order chi connectivity index (χ0) is 12.3. The first-order valence-corrected chi connectivity index (χ1v) is 5.69. The van der Waals surface area contributed by atoms with E-state index in [0.717, 1.165) is 12.1 Å². The van der Waals surface area contributed by atoms with Gasteiger partial charge in [-0.2, -0.15) is 0 Å². The van der Waals surface area contributed by atoms with Crippen molar-refractivity contribution in [3.05, 3.63) is 24.0 Å². The van der Waals surface area contributed by atoms with Crippen LogP contribution in [0.25, 0.3) is 0 Å². The number of rotatable bonds is 4. The van der Waals surface area contributed by atoms with E-state index in [-0.39, 0.29) is 5.82 Å². The number of anilines is 2. The number of hydrogen-bond acceptors (Lipinski definition) is 2. The van der Waals surface area contributed by atoms with Gasteiger partial charge >= 0.3 is 0 Å². The van der Waals surface area contributed by atoms with Crippen molar-refractivity contribution in [3.63, 3.8) is 0 Å². The SMILES string of the molecule is CC(C)CC(C)N(C)c1cc(F)ccc1N. The van der Waals surface area contributed by atoms with Crippen molar-refractivity contribution in [1.82, 2.24) is 0 Å². The Morgan fingerprint density at radius 2 is 1.94 bits per heavy atom. The summed E-state index contributed by atoms with van der Waals surface area (Å²) in [6, 6.07) is 4.85. The van der Waals surface area contributed by atoms with Crippen LogP contribution in [0.5, 0.6) is 0 Å². The molecule has 16 heavy (non-hydrogen) atoms. The Kier molecular flexibility index (Phi) is 4.16. The van der Waals surface area contributed by atoms with Gasteiger partial charge in [-0.1, -0.05) is 13.8 Å². The summed E-state index contributed by atoms with van der Waals surface area (Å²) in [6.45, 7) is 6.49. The lowest BCUT2D eigenvalue weighted by Gasteiger charge is -2.29. The van der Waals surface area contributed by atoms with Gasteiger partial charge in [0.25, 0.3) is 0 Å². The molecule has 0 bridgehead atoms. The highest BCUT2D eigenvalue weighted by molar-refractivity contribution is 5.67. The average molecular weight is 224 g/mol. The monoisotopic (exact) mass is 224 g/mol. The van der Waals surface area contributed by atoms with Crippen molar-refractivity contribution >= 4 is 11.4 Å². The standard InChI is InChI=1S/C13H21FN2/c1-9(2)7-10(3)16(4)13-8-11(14)5-6-12(13)15/h5-6,8-10H,7,15H2,1-4H3. The third kappa shape index (κ3) is 3.12. The summed E-state index contributed by atoms with van der Waals surface area (Å²) < 4.78 is 13.2. The van der Waals surface area contributed by atoms with E-state index < -0.39 is 0 Å². The van der Waals surface area contributed by atoms with Crippen LogP contribution in [0.4, 0.5) is 15.8 Å². The molecule has 0 saturated carbocycles. The van der Waals surface area contributed by atoms with Gasteiger partial charge in [0.2, 0.25) is 0 Å². The summed E-state index contributed by atoms with van der Waals surface area (Å²) in [5.41, 5.74) is 7.25. The number of nitrogen functional groups attached to an aromatic ring is 1. The zero-order valence-corrected chi connectivity index (χ0v) is 10.5. The molecule has 1 aromatic rings. The minimum atomic E-state index is -0.243. The van der Waals surface area contributed by atoms with Crippen LogP contribution in [0.15, 0.2) is 18.2 Å². The minimum absolute atomic E-state index is 0.243. The first-order valence-electron chi connectivity index (χ1n) is 5.69. The van der Waals surface area contributed by atoms with Crippen molar-refractivity contribution < 1.29 is 4.39 Å². The predicted octanol–water partition coefficient (Wildman–Crippen LogP) is 3.28. The van der Waals surface area contributed by atoms with Gasteiger partial charge in [0.1, 0.15) is 5.82 Å². The summed E-state index contributed by atoms with van der Waals surface area (Å²) in [6.07, 6.45) is 1.06.